The summed E-state index contributed by atoms with van der Waals surface area (Å²) >= 11 is 0. The van der Waals surface area contributed by atoms with E-state index in [0.29, 0.717) is 0 Å². The Balaban J connectivity index is 0.000000436. The first-order chi connectivity index (χ1) is 31.2. The van der Waals surface area contributed by atoms with Gasteiger partial charge in [0.25, 0.3) is 0 Å². The van der Waals surface area contributed by atoms with Crippen molar-refractivity contribution in [3.63, 3.8) is 0 Å². The number of hydrogen-bond acceptors (Lipinski definition) is 10. The first-order valence-corrected chi connectivity index (χ1v) is 25.1. The van der Waals surface area contributed by atoms with Crippen LogP contribution in [0, 0.1) is 9.93 Å². The zero-order valence-electron chi connectivity index (χ0n) is 35.2. The third-order valence-corrected chi connectivity index (χ3v) is 14.1. The van der Waals surface area contributed by atoms with E-state index < -0.39 is 31.3 Å². The maximum Gasteiger partial charge on any atom is 1.00 e. The molecule has 8 rings (SSSR count). The molecule has 0 saturated heterocycles. The van der Waals surface area contributed by atoms with Crippen LogP contribution >= 0.6 is 15.8 Å². The maximum absolute atomic E-state index is 10.7. The van der Waals surface area contributed by atoms with Crippen LogP contribution in [-0.2, 0) is 65.0 Å². The van der Waals surface area contributed by atoms with Crippen LogP contribution in [0.5, 0.6) is 0 Å². The number of aromatic nitrogens is 2. The number of nitrogens with zero attached hydrogens (tertiary/aromatic N) is 2. The molecule has 2 aromatic heterocycles. The van der Waals surface area contributed by atoms with E-state index in [9.17, 15) is 26.3 Å². The molecule has 0 atom stereocenters. The number of benzene rings is 6. The minimum absolute atomic E-state index is 0. The van der Waals surface area contributed by atoms with Gasteiger partial charge < -0.3 is 9.11 Å². The Morgan fingerprint density at radius 3 is 0.824 bits per heavy atom. The Kier molecular flexibility index (Phi) is 26.7. The maximum atomic E-state index is 10.7. The second-order valence-electron chi connectivity index (χ2n) is 13.0. The topological polar surface area (TPSA) is 174 Å². The van der Waals surface area contributed by atoms with Gasteiger partial charge in [-0.3, -0.25) is 9.97 Å². The van der Waals surface area contributed by atoms with Crippen LogP contribution in [-0.4, -0.2) is 60.3 Å². The first-order valence-electron chi connectivity index (χ1n) is 18.8. The van der Waals surface area contributed by atoms with E-state index in [1.54, 1.807) is 0 Å². The van der Waals surface area contributed by atoms with Gasteiger partial charge in [0.15, 0.2) is 20.2 Å². The molecule has 68 heavy (non-hydrogen) atoms. The number of fused-ring (bicyclic) bond motifs is 2. The molecular formula is C46H38Au2F6N2O8P2S2. The average Bonchev–Trinajstić information content (AvgIpc) is 3.32. The van der Waals surface area contributed by atoms with E-state index in [1.165, 1.54) is 32.0 Å². The molecule has 0 unspecified atom stereocenters. The van der Waals surface area contributed by atoms with E-state index in [4.69, 9.17) is 35.9 Å². The molecule has 0 radical (unpaired) electrons. The second kappa shape index (κ2) is 29.5. The fourth-order valence-electron chi connectivity index (χ4n) is 5.52. The summed E-state index contributed by atoms with van der Waals surface area (Å²) in [6, 6.07) is 63.4. The largest absolute Gasteiger partial charge is 1.00 e. The Hall–Kier alpha value is -4.52. The van der Waals surface area contributed by atoms with Crippen LogP contribution < -0.4 is 21.2 Å². The van der Waals surface area contributed by atoms with Gasteiger partial charge in [0.1, 0.15) is 0 Å². The van der Waals surface area contributed by atoms with E-state index in [1.807, 2.05) is 48.8 Å². The summed E-state index contributed by atoms with van der Waals surface area (Å²) in [5.41, 5.74) is -9.40. The number of alkyl halides is 6. The van der Waals surface area contributed by atoms with Crippen LogP contribution in [0.15, 0.2) is 194 Å². The van der Waals surface area contributed by atoms with Crippen LogP contribution in [0.1, 0.15) is 0 Å². The van der Waals surface area contributed by atoms with Crippen molar-refractivity contribution in [2.24, 2.45) is 0 Å². The van der Waals surface area contributed by atoms with Crippen molar-refractivity contribution in [3.05, 3.63) is 204 Å². The molecule has 6 aromatic carbocycles. The SMILES string of the molecule is CP(c1ccccc1)c1ccccc1.CP(c1ccccc1)c1ccccc1.O=O.O=S(=O)([O-])C(F)(F)F.O=S(=O)([O-])C(F)(F)F.[Au+].[Au+].c1ccc2c(-c3nccc4ccccc34)nccc2c1. The standard InChI is InChI=1S/C18H12N2.2C13H13P.2CHF3O3S.2Au.O2/c1-3-7-15-13(5-1)9-11-19-17(15)18-16-8-4-2-6-14(16)10-12-20-18;2*1-14(12-8-4-2-5-9-12)13-10-6-3-7-11-13;2*2-1(3,4)8(5,6)7;;;1-2/h1-12H;2*2-11H,1H3;2*(H,5,6,7);;;/q;;;;;2*+1;/p-2. The van der Waals surface area contributed by atoms with Gasteiger partial charge in [-0.2, -0.15) is 26.3 Å². The summed E-state index contributed by atoms with van der Waals surface area (Å²) in [5.74, 6) is 0. The molecule has 0 aliphatic carbocycles. The number of pyridine rings is 2. The summed E-state index contributed by atoms with van der Waals surface area (Å²) in [4.78, 5) is 23.1. The Bertz CT molecular complexity index is 2650. The predicted octanol–water partition coefficient (Wildman–Crippen LogP) is 10.1. The molecule has 22 heteroatoms. The second-order valence-corrected chi connectivity index (χ2v) is 20.1. The monoisotopic (exact) mass is 1380 g/mol. The smallest absolute Gasteiger partial charge is 0.741 e. The van der Waals surface area contributed by atoms with Crippen LogP contribution in [0.25, 0.3) is 32.9 Å². The van der Waals surface area contributed by atoms with E-state index in [0.717, 1.165) is 22.2 Å². The number of rotatable bonds is 5. The summed E-state index contributed by atoms with van der Waals surface area (Å²) in [7, 11) is -12.5. The molecule has 0 spiro atoms. The zero-order valence-corrected chi connectivity index (χ0v) is 43.0. The van der Waals surface area contributed by atoms with Crippen molar-refractivity contribution in [3.8, 4) is 11.4 Å². The minimum Gasteiger partial charge on any atom is -0.741 e. The van der Waals surface area contributed by atoms with Crippen molar-refractivity contribution in [2.75, 3.05) is 13.3 Å². The molecule has 0 fully saturated rings. The molecule has 0 amide bonds. The van der Waals surface area contributed by atoms with Crippen molar-refractivity contribution in [2.45, 2.75) is 11.0 Å². The van der Waals surface area contributed by atoms with Crippen LogP contribution in [0.4, 0.5) is 26.3 Å². The molecule has 2 heterocycles. The summed E-state index contributed by atoms with van der Waals surface area (Å²) in [6.07, 6.45) is 3.70. The fourth-order valence-corrected chi connectivity index (χ4v) is 8.59. The number of hydrogen-bond donors (Lipinski definition) is 0. The Morgan fingerprint density at radius 1 is 0.397 bits per heavy atom. The van der Waals surface area contributed by atoms with Gasteiger partial charge in [0.05, 0.1) is 11.4 Å². The molecule has 10 nitrogen and oxygen atoms in total. The van der Waals surface area contributed by atoms with Gasteiger partial charge in [0, 0.05) is 33.1 Å². The van der Waals surface area contributed by atoms with Crippen LogP contribution in [0.2, 0.25) is 0 Å². The molecular weight excluding hydrogens is 1340 g/mol. The van der Waals surface area contributed by atoms with Crippen molar-refractivity contribution >= 4 is 78.8 Å². The predicted molar refractivity (Wildman–Crippen MR) is 251 cm³/mol. The van der Waals surface area contributed by atoms with Crippen LogP contribution in [0.3, 0.4) is 0 Å². The molecule has 0 saturated carbocycles. The van der Waals surface area contributed by atoms with Crippen molar-refractivity contribution < 1.29 is 97.0 Å². The van der Waals surface area contributed by atoms with Gasteiger partial charge in [-0.1, -0.05) is 170 Å². The third kappa shape index (κ3) is 19.5. The molecule has 0 bridgehead atoms. The molecule has 0 aliphatic heterocycles. The third-order valence-electron chi connectivity index (χ3n) is 8.71. The molecule has 366 valence electrons. The summed E-state index contributed by atoms with van der Waals surface area (Å²) in [5, 5.41) is 10.4. The van der Waals surface area contributed by atoms with E-state index in [-0.39, 0.29) is 60.6 Å². The number of halogens is 6. The first kappa shape index (κ1) is 61.5. The zero-order chi connectivity index (χ0) is 49.0. The fraction of sp³-hybridized carbons (Fsp3) is 0.0870. The van der Waals surface area contributed by atoms with E-state index in [2.05, 4.69) is 169 Å². The van der Waals surface area contributed by atoms with E-state index >= 15 is 0 Å². The molecule has 8 aromatic rings. The molecule has 0 aliphatic rings. The van der Waals surface area contributed by atoms with Gasteiger partial charge >= 0.3 is 55.8 Å². The Morgan fingerprint density at radius 2 is 0.603 bits per heavy atom. The van der Waals surface area contributed by atoms with Gasteiger partial charge in [0.2, 0.25) is 0 Å². The Labute approximate surface area is 422 Å². The van der Waals surface area contributed by atoms with Gasteiger partial charge in [-0.25, -0.2) is 16.8 Å². The van der Waals surface area contributed by atoms with Crippen molar-refractivity contribution in [1.29, 1.82) is 0 Å². The average molecular weight is 1380 g/mol. The van der Waals surface area contributed by atoms with Crippen molar-refractivity contribution in [1.82, 2.24) is 9.97 Å². The summed E-state index contributed by atoms with van der Waals surface area (Å²) in [6.45, 7) is 4.61. The van der Waals surface area contributed by atoms with Gasteiger partial charge in [-0.15, -0.1) is 0 Å². The normalized spacial score (nSPS) is 10.9. The summed E-state index contributed by atoms with van der Waals surface area (Å²) < 4.78 is 118. The quantitative estimate of drug-likeness (QED) is 0.0530. The molecule has 0 N–H and O–H groups in total. The van der Waals surface area contributed by atoms with Gasteiger partial charge in [-0.05, 0) is 73.3 Å². The minimum atomic E-state index is -6.09.